The quantitative estimate of drug-likeness (QED) is 0.245. The molecule has 0 saturated carbocycles. The average molecular weight is 503 g/mol. The summed E-state index contributed by atoms with van der Waals surface area (Å²) >= 11 is 0. The Bertz CT molecular complexity index is 1020. The number of hydrogen-bond acceptors (Lipinski definition) is 6. The van der Waals surface area contributed by atoms with Gasteiger partial charge in [0, 0.05) is 5.92 Å². The van der Waals surface area contributed by atoms with E-state index >= 15 is 0 Å². The highest BCUT2D eigenvalue weighted by molar-refractivity contribution is 5.46. The molecule has 3 aromatic rings. The lowest BCUT2D eigenvalue weighted by Gasteiger charge is -2.20. The minimum absolute atomic E-state index is 0.0579. The van der Waals surface area contributed by atoms with Crippen molar-refractivity contribution in [1.29, 1.82) is 0 Å². The molecular formula is C31H34O6. The normalized spacial score (nSPS) is 28.3. The zero-order valence-electron chi connectivity index (χ0n) is 21.5. The van der Waals surface area contributed by atoms with Crippen LogP contribution in [0.2, 0.25) is 0 Å². The van der Waals surface area contributed by atoms with E-state index in [9.17, 15) is 0 Å². The van der Waals surface area contributed by atoms with Crippen LogP contribution in [0.4, 0.5) is 0 Å². The van der Waals surface area contributed by atoms with Crippen molar-refractivity contribution >= 4 is 0 Å². The molecule has 3 saturated heterocycles. The lowest BCUT2D eigenvalue weighted by molar-refractivity contribution is 0.260. The molecule has 0 amide bonds. The Labute approximate surface area is 218 Å². The monoisotopic (exact) mass is 502 g/mol. The minimum Gasteiger partial charge on any atom is -0.491 e. The molecular weight excluding hydrogens is 468 g/mol. The molecule has 3 aromatic carbocycles. The molecule has 3 aliphatic rings. The van der Waals surface area contributed by atoms with Gasteiger partial charge in [-0.2, -0.15) is 0 Å². The fraction of sp³-hybridized carbons (Fsp3) is 0.419. The topological polar surface area (TPSA) is 65.3 Å². The molecule has 6 atom stereocenters. The van der Waals surface area contributed by atoms with Crippen molar-refractivity contribution < 1.29 is 28.4 Å². The predicted molar refractivity (Wildman–Crippen MR) is 140 cm³/mol. The fourth-order valence-corrected chi connectivity index (χ4v) is 4.60. The molecule has 3 fully saturated rings. The van der Waals surface area contributed by atoms with Gasteiger partial charge in [0.1, 0.15) is 55.4 Å². The van der Waals surface area contributed by atoms with E-state index in [-0.39, 0.29) is 24.2 Å². The van der Waals surface area contributed by atoms with Crippen molar-refractivity contribution in [2.45, 2.75) is 63.3 Å². The molecule has 0 N–H and O–H groups in total. The zero-order valence-corrected chi connectivity index (χ0v) is 21.5. The summed E-state index contributed by atoms with van der Waals surface area (Å²) in [6, 6.07) is 25.1. The summed E-state index contributed by atoms with van der Waals surface area (Å²) in [6.45, 7) is 7.95. The molecule has 6 heteroatoms. The first-order chi connectivity index (χ1) is 18.0. The smallest absolute Gasteiger partial charge is 0.119 e. The van der Waals surface area contributed by atoms with Crippen LogP contribution in [0.3, 0.4) is 0 Å². The summed E-state index contributed by atoms with van der Waals surface area (Å²) in [4.78, 5) is 0. The van der Waals surface area contributed by atoms with Crippen LogP contribution in [-0.4, -0.2) is 56.4 Å². The second-order valence-electron chi connectivity index (χ2n) is 10.2. The summed E-state index contributed by atoms with van der Waals surface area (Å²) < 4.78 is 34.1. The van der Waals surface area contributed by atoms with E-state index in [4.69, 9.17) is 28.4 Å². The van der Waals surface area contributed by atoms with Gasteiger partial charge in [0.25, 0.3) is 0 Å². The van der Waals surface area contributed by atoms with Gasteiger partial charge < -0.3 is 28.4 Å². The van der Waals surface area contributed by atoms with Crippen molar-refractivity contribution in [2.75, 3.05) is 19.8 Å². The molecule has 3 heterocycles. The molecule has 6 rings (SSSR count). The number of rotatable bonds is 12. The molecule has 0 aliphatic carbocycles. The summed E-state index contributed by atoms with van der Waals surface area (Å²) in [5.41, 5.74) is 3.56. The average Bonchev–Trinajstić information content (AvgIpc) is 3.87. The summed E-state index contributed by atoms with van der Waals surface area (Å²) in [5.74, 6) is 2.62. The lowest BCUT2D eigenvalue weighted by Crippen LogP contribution is -2.08. The Kier molecular flexibility index (Phi) is 6.80. The van der Waals surface area contributed by atoms with Crippen LogP contribution in [0, 0.1) is 0 Å². The molecule has 0 bridgehead atoms. The highest BCUT2D eigenvalue weighted by Crippen LogP contribution is 2.35. The molecule has 6 unspecified atom stereocenters. The Morgan fingerprint density at radius 3 is 0.946 bits per heavy atom. The summed E-state index contributed by atoms with van der Waals surface area (Å²) in [6.07, 6.45) is 1.50. The third-order valence-corrected chi connectivity index (χ3v) is 7.39. The van der Waals surface area contributed by atoms with Crippen molar-refractivity contribution in [3.05, 3.63) is 89.5 Å². The maximum Gasteiger partial charge on any atom is 0.119 e. The van der Waals surface area contributed by atoms with Gasteiger partial charge in [-0.3, -0.25) is 0 Å². The second-order valence-corrected chi connectivity index (χ2v) is 10.2. The number of benzene rings is 3. The number of hydrogen-bond donors (Lipinski definition) is 0. The van der Waals surface area contributed by atoms with E-state index in [1.807, 2.05) is 36.4 Å². The van der Waals surface area contributed by atoms with Crippen LogP contribution in [0.5, 0.6) is 17.2 Å². The highest BCUT2D eigenvalue weighted by atomic mass is 16.6. The molecule has 37 heavy (non-hydrogen) atoms. The van der Waals surface area contributed by atoms with E-state index < -0.39 is 0 Å². The molecule has 6 nitrogen and oxygen atoms in total. The Hall–Kier alpha value is -3.06. The van der Waals surface area contributed by atoms with Crippen molar-refractivity contribution in [3.63, 3.8) is 0 Å². The summed E-state index contributed by atoms with van der Waals surface area (Å²) in [5, 5.41) is 0. The fourth-order valence-electron chi connectivity index (χ4n) is 4.60. The van der Waals surface area contributed by atoms with E-state index in [0.717, 1.165) is 17.2 Å². The second kappa shape index (κ2) is 10.4. The Morgan fingerprint density at radius 1 is 0.486 bits per heavy atom. The van der Waals surface area contributed by atoms with Gasteiger partial charge in [-0.05, 0) is 73.9 Å². The first kappa shape index (κ1) is 24.3. The Morgan fingerprint density at radius 2 is 0.730 bits per heavy atom. The molecule has 0 aromatic heterocycles. The molecule has 194 valence electrons. The predicted octanol–water partition coefficient (Wildman–Crippen LogP) is 5.37. The van der Waals surface area contributed by atoms with E-state index in [2.05, 4.69) is 57.2 Å². The first-order valence-electron chi connectivity index (χ1n) is 13.2. The van der Waals surface area contributed by atoms with Crippen LogP contribution in [-0.2, 0) is 14.2 Å². The van der Waals surface area contributed by atoms with Gasteiger partial charge >= 0.3 is 0 Å². The summed E-state index contributed by atoms with van der Waals surface area (Å²) in [7, 11) is 0. The number of ether oxygens (including phenoxy) is 6. The number of epoxide rings is 3. The van der Waals surface area contributed by atoms with Gasteiger partial charge in [0.2, 0.25) is 0 Å². The van der Waals surface area contributed by atoms with Crippen LogP contribution >= 0.6 is 0 Å². The van der Waals surface area contributed by atoms with Gasteiger partial charge in [0.05, 0.1) is 18.3 Å². The van der Waals surface area contributed by atoms with Crippen LogP contribution in [0.25, 0.3) is 0 Å². The third-order valence-electron chi connectivity index (χ3n) is 7.39. The first-order valence-corrected chi connectivity index (χ1v) is 13.2. The zero-order chi connectivity index (χ0) is 25.4. The van der Waals surface area contributed by atoms with Gasteiger partial charge in [-0.15, -0.1) is 0 Å². The maximum atomic E-state index is 5.92. The van der Waals surface area contributed by atoms with Crippen molar-refractivity contribution in [1.82, 2.24) is 0 Å². The lowest BCUT2D eigenvalue weighted by atomic mass is 9.85. The molecule has 3 aliphatic heterocycles. The third kappa shape index (κ3) is 6.09. The van der Waals surface area contributed by atoms with Crippen molar-refractivity contribution in [2.24, 2.45) is 0 Å². The van der Waals surface area contributed by atoms with E-state index in [1.54, 1.807) is 0 Å². The largest absolute Gasteiger partial charge is 0.491 e. The highest BCUT2D eigenvalue weighted by Gasteiger charge is 2.36. The van der Waals surface area contributed by atoms with Crippen LogP contribution < -0.4 is 14.2 Å². The minimum atomic E-state index is 0.0579. The van der Waals surface area contributed by atoms with E-state index in [1.165, 1.54) is 16.7 Å². The van der Waals surface area contributed by atoms with Crippen molar-refractivity contribution in [3.8, 4) is 17.2 Å². The van der Waals surface area contributed by atoms with Crippen LogP contribution in [0.15, 0.2) is 72.8 Å². The Balaban J connectivity index is 1.19. The molecule has 0 spiro atoms. The maximum absolute atomic E-state index is 5.92. The van der Waals surface area contributed by atoms with Gasteiger partial charge in [-0.1, -0.05) is 36.4 Å². The molecule has 0 radical (unpaired) electrons. The SMILES string of the molecule is CC1OC1COc1ccc(C(c2ccc(OCC3OC3C)cc2)c2ccc(OCC3OC3C)cc2)cc1. The van der Waals surface area contributed by atoms with E-state index in [0.29, 0.717) is 38.1 Å². The standard InChI is InChI=1S/C31H34O6/c1-19-28(35-19)16-32-25-10-4-22(5-11-25)31(23-6-12-26(13-7-23)33-17-29-20(2)36-29)24-8-14-27(15-9-24)34-18-30-21(3)37-30/h4-15,19-21,28-31H,16-18H2,1-3H3. The van der Waals surface area contributed by atoms with Gasteiger partial charge in [-0.25, -0.2) is 0 Å². The van der Waals surface area contributed by atoms with Crippen LogP contribution in [0.1, 0.15) is 43.4 Å². The van der Waals surface area contributed by atoms with Gasteiger partial charge in [0.15, 0.2) is 0 Å².